The second-order valence-corrected chi connectivity index (χ2v) is 6.32. The zero-order valence-corrected chi connectivity index (χ0v) is 13.1. The predicted octanol–water partition coefficient (Wildman–Crippen LogP) is 3.24. The monoisotopic (exact) mass is 311 g/mol. The zero-order chi connectivity index (χ0) is 15.6. The van der Waals surface area contributed by atoms with Crippen molar-refractivity contribution in [1.82, 2.24) is 9.55 Å². The molecule has 1 saturated carbocycles. The van der Waals surface area contributed by atoms with E-state index in [0.29, 0.717) is 0 Å². The highest BCUT2D eigenvalue weighted by molar-refractivity contribution is 5.70. The van der Waals surface area contributed by atoms with Crippen molar-refractivity contribution in [3.8, 4) is 0 Å². The minimum atomic E-state index is -0.327. The summed E-state index contributed by atoms with van der Waals surface area (Å²) in [4.78, 5) is 18.6. The number of carbonyl (C=O) groups is 1. The van der Waals surface area contributed by atoms with Crippen LogP contribution in [-0.2, 0) is 11.2 Å². The quantitative estimate of drug-likeness (QED) is 0.854. The molecule has 0 radical (unpaired) electrons. The van der Waals surface area contributed by atoms with Crippen molar-refractivity contribution in [2.45, 2.75) is 44.2 Å². The number of benzene rings is 1. The van der Waals surface area contributed by atoms with Crippen LogP contribution in [0.25, 0.3) is 0 Å². The van der Waals surface area contributed by atoms with Gasteiger partial charge in [0.1, 0.15) is 12.4 Å². The number of hydrogen-bond donors (Lipinski definition) is 0. The number of rotatable bonds is 2. The molecule has 5 nitrogen and oxygen atoms in total. The molecule has 0 amide bonds. The van der Waals surface area contributed by atoms with Gasteiger partial charge in [-0.1, -0.05) is 24.6 Å². The SMILES string of the molecule is O=C(O[C@@H]1CCCC[C@H]1N1CCc2ccccc21)n1ccnc1. The van der Waals surface area contributed by atoms with Crippen LogP contribution < -0.4 is 4.90 Å². The number of ether oxygens (including phenoxy) is 1. The number of anilines is 1. The Morgan fingerprint density at radius 3 is 2.96 bits per heavy atom. The van der Waals surface area contributed by atoms with Gasteiger partial charge in [0, 0.05) is 24.6 Å². The van der Waals surface area contributed by atoms with Crippen LogP contribution in [0.3, 0.4) is 0 Å². The van der Waals surface area contributed by atoms with Gasteiger partial charge in [0.2, 0.25) is 0 Å². The molecule has 0 unspecified atom stereocenters. The Labute approximate surface area is 135 Å². The molecule has 1 aliphatic carbocycles. The van der Waals surface area contributed by atoms with Crippen LogP contribution in [0.5, 0.6) is 0 Å². The maximum atomic E-state index is 12.3. The molecule has 5 heteroatoms. The standard InChI is InChI=1S/C18H21N3O2/c22-18(20-12-10-19-13-20)23-17-8-4-3-7-16(17)21-11-9-14-5-1-2-6-15(14)21/h1-2,5-6,10,12-13,16-17H,3-4,7-9,11H2/t16-,17-/m1/s1. The average molecular weight is 311 g/mol. The fourth-order valence-electron chi connectivity index (χ4n) is 3.84. The first kappa shape index (κ1) is 14.3. The van der Waals surface area contributed by atoms with Crippen molar-refractivity contribution < 1.29 is 9.53 Å². The molecule has 0 bridgehead atoms. The van der Waals surface area contributed by atoms with E-state index in [0.717, 1.165) is 32.2 Å². The molecule has 1 aromatic heterocycles. The summed E-state index contributed by atoms with van der Waals surface area (Å²) in [5, 5.41) is 0. The van der Waals surface area contributed by atoms with E-state index in [9.17, 15) is 4.79 Å². The lowest BCUT2D eigenvalue weighted by molar-refractivity contribution is 0.0616. The molecule has 1 aliphatic heterocycles. The van der Waals surface area contributed by atoms with E-state index in [1.165, 1.54) is 28.6 Å². The second-order valence-electron chi connectivity index (χ2n) is 6.32. The van der Waals surface area contributed by atoms with Crippen molar-refractivity contribution in [1.29, 1.82) is 0 Å². The highest BCUT2D eigenvalue weighted by atomic mass is 16.6. The molecule has 2 heterocycles. The molecule has 1 fully saturated rings. The zero-order valence-electron chi connectivity index (χ0n) is 13.1. The molecule has 1 aromatic carbocycles. The molecular formula is C18H21N3O2. The Balaban J connectivity index is 1.53. The van der Waals surface area contributed by atoms with Crippen LogP contribution in [0.15, 0.2) is 43.0 Å². The minimum Gasteiger partial charge on any atom is -0.443 e. The van der Waals surface area contributed by atoms with Gasteiger partial charge < -0.3 is 9.64 Å². The Kier molecular flexibility index (Phi) is 3.77. The first-order valence-corrected chi connectivity index (χ1v) is 8.36. The Morgan fingerprint density at radius 2 is 2.09 bits per heavy atom. The number of carbonyl (C=O) groups excluding carboxylic acids is 1. The fraction of sp³-hybridized carbons (Fsp3) is 0.444. The molecule has 4 rings (SSSR count). The summed E-state index contributed by atoms with van der Waals surface area (Å²) in [5.74, 6) is 0. The van der Waals surface area contributed by atoms with Crippen LogP contribution in [0.4, 0.5) is 10.5 Å². The van der Waals surface area contributed by atoms with E-state index in [1.807, 2.05) is 0 Å². The maximum absolute atomic E-state index is 12.3. The smallest absolute Gasteiger partial charge is 0.419 e. The Hall–Kier alpha value is -2.30. The van der Waals surface area contributed by atoms with Gasteiger partial charge in [-0.05, 0) is 37.3 Å². The lowest BCUT2D eigenvalue weighted by Gasteiger charge is -2.38. The van der Waals surface area contributed by atoms with Crippen LogP contribution in [0.1, 0.15) is 31.2 Å². The summed E-state index contributed by atoms with van der Waals surface area (Å²) in [6.45, 7) is 1.02. The van der Waals surface area contributed by atoms with E-state index in [4.69, 9.17) is 4.74 Å². The molecular weight excluding hydrogens is 290 g/mol. The van der Waals surface area contributed by atoms with Gasteiger partial charge in [-0.15, -0.1) is 0 Å². The third kappa shape index (κ3) is 2.71. The Bertz CT molecular complexity index is 683. The van der Waals surface area contributed by atoms with Crippen LogP contribution in [-0.4, -0.2) is 34.3 Å². The summed E-state index contributed by atoms with van der Waals surface area (Å²) in [7, 11) is 0. The summed E-state index contributed by atoms with van der Waals surface area (Å²) in [5.41, 5.74) is 2.71. The number of fused-ring (bicyclic) bond motifs is 1. The van der Waals surface area contributed by atoms with Gasteiger partial charge in [0.25, 0.3) is 0 Å². The Morgan fingerprint density at radius 1 is 1.22 bits per heavy atom. The summed E-state index contributed by atoms with van der Waals surface area (Å²) in [6, 6.07) is 8.85. The highest BCUT2D eigenvalue weighted by Crippen LogP contribution is 2.35. The maximum Gasteiger partial charge on any atom is 0.419 e. The number of para-hydroxylation sites is 1. The van der Waals surface area contributed by atoms with E-state index >= 15 is 0 Å². The summed E-state index contributed by atoms with van der Waals surface area (Å²) in [6.07, 6.45) is 9.75. The van der Waals surface area contributed by atoms with E-state index in [2.05, 4.69) is 34.1 Å². The van der Waals surface area contributed by atoms with Gasteiger partial charge in [-0.3, -0.25) is 0 Å². The molecule has 2 aromatic rings. The van der Waals surface area contributed by atoms with E-state index in [1.54, 1.807) is 12.4 Å². The first-order chi connectivity index (χ1) is 11.3. The number of aromatic nitrogens is 2. The lowest BCUT2D eigenvalue weighted by Crippen LogP contribution is -2.47. The lowest BCUT2D eigenvalue weighted by atomic mass is 9.91. The number of hydrogen-bond acceptors (Lipinski definition) is 4. The molecule has 23 heavy (non-hydrogen) atoms. The van der Waals surface area contributed by atoms with Crippen molar-refractivity contribution in [2.75, 3.05) is 11.4 Å². The van der Waals surface area contributed by atoms with Crippen molar-refractivity contribution in [3.05, 3.63) is 48.5 Å². The van der Waals surface area contributed by atoms with Gasteiger partial charge in [0.05, 0.1) is 6.04 Å². The van der Waals surface area contributed by atoms with E-state index in [-0.39, 0.29) is 18.2 Å². The molecule has 120 valence electrons. The summed E-state index contributed by atoms with van der Waals surface area (Å²) >= 11 is 0. The average Bonchev–Trinajstić information content (AvgIpc) is 3.25. The van der Waals surface area contributed by atoms with Crippen molar-refractivity contribution >= 4 is 11.8 Å². The van der Waals surface area contributed by atoms with Crippen LogP contribution >= 0.6 is 0 Å². The van der Waals surface area contributed by atoms with Gasteiger partial charge in [0.15, 0.2) is 0 Å². The van der Waals surface area contributed by atoms with Gasteiger partial charge >= 0.3 is 6.09 Å². The number of imidazole rings is 1. The second kappa shape index (κ2) is 6.07. The predicted molar refractivity (Wildman–Crippen MR) is 87.6 cm³/mol. The third-order valence-electron chi connectivity index (χ3n) is 4.96. The van der Waals surface area contributed by atoms with Crippen LogP contribution in [0.2, 0.25) is 0 Å². The molecule has 0 saturated heterocycles. The van der Waals surface area contributed by atoms with E-state index < -0.39 is 0 Å². The highest BCUT2D eigenvalue weighted by Gasteiger charge is 2.35. The molecule has 2 aliphatic rings. The summed E-state index contributed by atoms with van der Waals surface area (Å²) < 4.78 is 7.22. The van der Waals surface area contributed by atoms with Crippen LogP contribution in [0, 0.1) is 0 Å². The fourth-order valence-corrected chi connectivity index (χ4v) is 3.84. The molecule has 0 spiro atoms. The van der Waals surface area contributed by atoms with Gasteiger partial charge in [-0.25, -0.2) is 14.3 Å². The normalized spacial score (nSPS) is 23.6. The largest absolute Gasteiger partial charge is 0.443 e. The number of nitrogens with zero attached hydrogens (tertiary/aromatic N) is 3. The minimum absolute atomic E-state index is 0.0511. The van der Waals surface area contributed by atoms with Crippen molar-refractivity contribution in [3.63, 3.8) is 0 Å². The molecule has 0 N–H and O–H groups in total. The molecule has 2 atom stereocenters. The first-order valence-electron chi connectivity index (χ1n) is 8.36. The van der Waals surface area contributed by atoms with Crippen molar-refractivity contribution in [2.24, 2.45) is 0 Å². The van der Waals surface area contributed by atoms with Gasteiger partial charge in [-0.2, -0.15) is 0 Å². The third-order valence-corrected chi connectivity index (χ3v) is 4.96. The topological polar surface area (TPSA) is 47.4 Å².